The molecular weight excluding hydrogens is 388 g/mol. The maximum Gasteiger partial charge on any atom is 0.243 e. The molecule has 0 bridgehead atoms. The van der Waals surface area contributed by atoms with Crippen LogP contribution in [0, 0.1) is 5.92 Å². The van der Waals surface area contributed by atoms with E-state index in [2.05, 4.69) is 34.1 Å². The number of methoxy groups -OCH3 is 2. The predicted molar refractivity (Wildman–Crippen MR) is 121 cm³/mol. The average Bonchev–Trinajstić information content (AvgIpc) is 3.43. The number of carbonyl (C=O) groups is 1. The Hall–Kier alpha value is -2.79. The van der Waals surface area contributed by atoms with Gasteiger partial charge in [0.1, 0.15) is 17.0 Å². The lowest BCUT2D eigenvalue weighted by Crippen LogP contribution is -2.50. The number of likely N-dealkylation sites (tertiary alicyclic amines) is 1. The summed E-state index contributed by atoms with van der Waals surface area (Å²) in [5, 5.41) is 0. The normalized spacial score (nSPS) is 27.7. The molecule has 0 unspecified atom stereocenters. The molecule has 3 saturated heterocycles. The van der Waals surface area contributed by atoms with Crippen LogP contribution in [0.2, 0.25) is 0 Å². The molecule has 1 amide bonds. The van der Waals surface area contributed by atoms with E-state index in [1.807, 2.05) is 36.4 Å². The van der Waals surface area contributed by atoms with Gasteiger partial charge in [0.2, 0.25) is 5.91 Å². The van der Waals surface area contributed by atoms with Gasteiger partial charge in [0, 0.05) is 36.2 Å². The molecule has 0 radical (unpaired) electrons. The standard InChI is InChI=1S/C26H30N2O3/c1-30-23-10-5-3-8-19(23)12-13-22-16-21-18-27(17-20-9-4-6-11-24(20)31-2)25(29)26(21)14-7-15-28(22)26/h3-6,8-13,21-22H,7,14-18H2,1-2H3/b13-12+/t21-,22+,26-/m0/s1. The fourth-order valence-corrected chi connectivity index (χ4v) is 6.01. The third-order valence-electron chi connectivity index (χ3n) is 7.36. The number of hydrogen-bond acceptors (Lipinski definition) is 4. The SMILES string of the molecule is COc1ccccc1/C=C/[C@@H]1C[C@H]2CN(Cc3ccccc3OC)C(=O)[C@]23CCCN13. The number of para-hydroxylation sites is 2. The summed E-state index contributed by atoms with van der Waals surface area (Å²) in [6.07, 6.45) is 7.52. The van der Waals surface area contributed by atoms with E-state index in [4.69, 9.17) is 9.47 Å². The van der Waals surface area contributed by atoms with Crippen LogP contribution in [0.4, 0.5) is 0 Å². The molecule has 5 heteroatoms. The summed E-state index contributed by atoms with van der Waals surface area (Å²) in [5.74, 6) is 2.41. The van der Waals surface area contributed by atoms with Crippen molar-refractivity contribution in [2.45, 2.75) is 37.4 Å². The number of nitrogens with zero attached hydrogens (tertiary/aromatic N) is 2. The number of rotatable bonds is 6. The van der Waals surface area contributed by atoms with E-state index in [0.717, 1.165) is 55.0 Å². The monoisotopic (exact) mass is 418 g/mol. The third-order valence-corrected chi connectivity index (χ3v) is 7.36. The Morgan fingerprint density at radius 2 is 1.81 bits per heavy atom. The molecule has 1 spiro atoms. The Bertz CT molecular complexity index is 1000. The molecule has 5 nitrogen and oxygen atoms in total. The van der Waals surface area contributed by atoms with E-state index in [0.29, 0.717) is 24.4 Å². The van der Waals surface area contributed by atoms with Gasteiger partial charge in [0.15, 0.2) is 0 Å². The minimum Gasteiger partial charge on any atom is -0.496 e. The highest BCUT2D eigenvalue weighted by Crippen LogP contribution is 2.52. The lowest BCUT2D eigenvalue weighted by atomic mass is 9.85. The van der Waals surface area contributed by atoms with Crippen LogP contribution in [-0.4, -0.2) is 54.6 Å². The second-order valence-corrected chi connectivity index (χ2v) is 8.82. The second-order valence-electron chi connectivity index (χ2n) is 8.82. The van der Waals surface area contributed by atoms with Crippen LogP contribution in [0.25, 0.3) is 6.08 Å². The van der Waals surface area contributed by atoms with Gasteiger partial charge in [-0.1, -0.05) is 48.6 Å². The molecule has 0 aliphatic carbocycles. The Morgan fingerprint density at radius 1 is 1.06 bits per heavy atom. The largest absolute Gasteiger partial charge is 0.496 e. The van der Waals surface area contributed by atoms with Crippen molar-refractivity contribution in [3.8, 4) is 11.5 Å². The minimum atomic E-state index is -0.322. The van der Waals surface area contributed by atoms with Crippen LogP contribution in [0.15, 0.2) is 54.6 Å². The first-order valence-electron chi connectivity index (χ1n) is 11.2. The number of benzene rings is 2. The zero-order chi connectivity index (χ0) is 21.4. The van der Waals surface area contributed by atoms with Crippen molar-refractivity contribution in [1.82, 2.24) is 9.80 Å². The number of amides is 1. The first-order valence-corrected chi connectivity index (χ1v) is 11.2. The lowest BCUT2D eigenvalue weighted by molar-refractivity contribution is -0.137. The smallest absolute Gasteiger partial charge is 0.243 e. The van der Waals surface area contributed by atoms with E-state index >= 15 is 0 Å². The van der Waals surface area contributed by atoms with Crippen molar-refractivity contribution in [1.29, 1.82) is 0 Å². The summed E-state index contributed by atoms with van der Waals surface area (Å²) in [7, 11) is 3.40. The fraction of sp³-hybridized carbons (Fsp3) is 0.423. The number of carbonyl (C=O) groups excluding carboxylic acids is 1. The van der Waals surface area contributed by atoms with Crippen molar-refractivity contribution in [2.75, 3.05) is 27.3 Å². The summed E-state index contributed by atoms with van der Waals surface area (Å²) in [6.45, 7) is 2.44. The zero-order valence-corrected chi connectivity index (χ0v) is 18.3. The van der Waals surface area contributed by atoms with Crippen molar-refractivity contribution < 1.29 is 14.3 Å². The van der Waals surface area contributed by atoms with Gasteiger partial charge in [-0.3, -0.25) is 9.69 Å². The predicted octanol–water partition coefficient (Wildman–Crippen LogP) is 3.98. The van der Waals surface area contributed by atoms with Gasteiger partial charge in [0.25, 0.3) is 0 Å². The molecule has 0 N–H and O–H groups in total. The second kappa shape index (κ2) is 8.04. The van der Waals surface area contributed by atoms with Gasteiger partial charge in [-0.05, 0) is 37.9 Å². The van der Waals surface area contributed by atoms with Gasteiger partial charge in [-0.2, -0.15) is 0 Å². The summed E-state index contributed by atoms with van der Waals surface area (Å²) in [6, 6.07) is 16.4. The molecule has 2 aromatic rings. The molecule has 162 valence electrons. The highest BCUT2D eigenvalue weighted by atomic mass is 16.5. The fourth-order valence-electron chi connectivity index (χ4n) is 6.01. The van der Waals surface area contributed by atoms with Crippen molar-refractivity contribution in [3.05, 3.63) is 65.7 Å². The van der Waals surface area contributed by atoms with Crippen molar-refractivity contribution >= 4 is 12.0 Å². The first kappa shape index (κ1) is 20.1. The lowest BCUT2D eigenvalue weighted by Gasteiger charge is -2.32. The summed E-state index contributed by atoms with van der Waals surface area (Å²) >= 11 is 0. The van der Waals surface area contributed by atoms with Gasteiger partial charge in [-0.25, -0.2) is 0 Å². The van der Waals surface area contributed by atoms with Gasteiger partial charge < -0.3 is 14.4 Å². The van der Waals surface area contributed by atoms with E-state index in [-0.39, 0.29) is 5.54 Å². The van der Waals surface area contributed by atoms with E-state index in [1.54, 1.807) is 14.2 Å². The molecule has 2 aromatic carbocycles. The Kier molecular flexibility index (Phi) is 5.22. The van der Waals surface area contributed by atoms with E-state index in [1.165, 1.54) is 0 Å². The molecule has 3 atom stereocenters. The number of hydrogen-bond donors (Lipinski definition) is 0. The molecule has 5 rings (SSSR count). The van der Waals surface area contributed by atoms with Crippen LogP contribution in [0.3, 0.4) is 0 Å². The first-order chi connectivity index (χ1) is 15.2. The van der Waals surface area contributed by atoms with Crippen molar-refractivity contribution in [3.63, 3.8) is 0 Å². The van der Waals surface area contributed by atoms with Crippen LogP contribution >= 0.6 is 0 Å². The average molecular weight is 419 g/mol. The van der Waals surface area contributed by atoms with Gasteiger partial charge in [0.05, 0.1) is 14.2 Å². The summed E-state index contributed by atoms with van der Waals surface area (Å²) in [4.78, 5) is 18.3. The molecule has 3 aliphatic rings. The van der Waals surface area contributed by atoms with Crippen LogP contribution < -0.4 is 9.47 Å². The van der Waals surface area contributed by atoms with Crippen LogP contribution in [-0.2, 0) is 11.3 Å². The Balaban J connectivity index is 1.36. The zero-order valence-electron chi connectivity index (χ0n) is 18.3. The Labute approximate surface area is 184 Å². The highest BCUT2D eigenvalue weighted by Gasteiger charge is 2.64. The molecule has 3 heterocycles. The molecule has 0 aromatic heterocycles. The summed E-state index contributed by atoms with van der Waals surface area (Å²) < 4.78 is 11.0. The molecule has 3 fully saturated rings. The van der Waals surface area contributed by atoms with Gasteiger partial charge >= 0.3 is 0 Å². The molecular formula is C26H30N2O3. The van der Waals surface area contributed by atoms with Crippen LogP contribution in [0.1, 0.15) is 30.4 Å². The Morgan fingerprint density at radius 3 is 2.61 bits per heavy atom. The maximum absolute atomic E-state index is 13.7. The van der Waals surface area contributed by atoms with Crippen LogP contribution in [0.5, 0.6) is 11.5 Å². The van der Waals surface area contributed by atoms with Crippen molar-refractivity contribution in [2.24, 2.45) is 5.92 Å². The quantitative estimate of drug-likeness (QED) is 0.712. The molecule has 31 heavy (non-hydrogen) atoms. The maximum atomic E-state index is 13.7. The molecule has 0 saturated carbocycles. The minimum absolute atomic E-state index is 0.300. The van der Waals surface area contributed by atoms with E-state index in [9.17, 15) is 4.79 Å². The summed E-state index contributed by atoms with van der Waals surface area (Å²) in [5.41, 5.74) is 1.84. The topological polar surface area (TPSA) is 42.0 Å². The van der Waals surface area contributed by atoms with E-state index < -0.39 is 0 Å². The molecule has 3 aliphatic heterocycles. The number of ether oxygens (including phenoxy) is 2. The highest BCUT2D eigenvalue weighted by molar-refractivity contribution is 5.90. The third kappa shape index (κ3) is 3.23. The van der Waals surface area contributed by atoms with Gasteiger partial charge in [-0.15, -0.1) is 0 Å².